The summed E-state index contributed by atoms with van der Waals surface area (Å²) in [5.74, 6) is 0.981. The molecule has 0 bridgehead atoms. The average Bonchev–Trinajstić information content (AvgIpc) is 2.37. The molecule has 1 atom stereocenters. The van der Waals surface area contributed by atoms with Gasteiger partial charge in [0.05, 0.1) is 7.11 Å². The van der Waals surface area contributed by atoms with E-state index in [2.05, 4.69) is 31.0 Å². The number of allylic oxidation sites excluding steroid dienone is 1. The molecule has 0 saturated carbocycles. The summed E-state index contributed by atoms with van der Waals surface area (Å²) >= 11 is 0. The predicted molar refractivity (Wildman–Crippen MR) is 73.6 cm³/mol. The van der Waals surface area contributed by atoms with Crippen LogP contribution in [0.15, 0.2) is 36.9 Å². The van der Waals surface area contributed by atoms with E-state index in [0.717, 1.165) is 31.6 Å². The highest BCUT2D eigenvalue weighted by Crippen LogP contribution is 2.20. The van der Waals surface area contributed by atoms with Crippen molar-refractivity contribution in [2.45, 2.75) is 32.2 Å². The Labute approximate surface area is 105 Å². The Morgan fingerprint density at radius 2 is 2.18 bits per heavy atom. The lowest BCUT2D eigenvalue weighted by Gasteiger charge is -2.18. The third-order valence-corrected chi connectivity index (χ3v) is 2.87. The Morgan fingerprint density at radius 1 is 1.41 bits per heavy atom. The topological polar surface area (TPSA) is 21.3 Å². The fourth-order valence-corrected chi connectivity index (χ4v) is 2.02. The first-order valence-corrected chi connectivity index (χ1v) is 6.28. The molecule has 0 heterocycles. The first kappa shape index (κ1) is 13.8. The zero-order valence-electron chi connectivity index (χ0n) is 10.9. The molecule has 0 saturated heterocycles. The van der Waals surface area contributed by atoms with Crippen LogP contribution in [0.4, 0.5) is 0 Å². The molecule has 0 amide bonds. The highest BCUT2D eigenvalue weighted by molar-refractivity contribution is 5.33. The van der Waals surface area contributed by atoms with Gasteiger partial charge in [0, 0.05) is 6.04 Å². The van der Waals surface area contributed by atoms with Crippen molar-refractivity contribution in [2.75, 3.05) is 13.7 Å². The largest absolute Gasteiger partial charge is 0.496 e. The van der Waals surface area contributed by atoms with Gasteiger partial charge in [0.25, 0.3) is 0 Å². The van der Waals surface area contributed by atoms with E-state index in [1.165, 1.54) is 5.56 Å². The number of methoxy groups -OCH3 is 1. The highest BCUT2D eigenvalue weighted by atomic mass is 16.5. The van der Waals surface area contributed by atoms with E-state index in [1.807, 2.05) is 18.2 Å². The lowest BCUT2D eigenvalue weighted by molar-refractivity contribution is 0.403. The van der Waals surface area contributed by atoms with Gasteiger partial charge in [-0.1, -0.05) is 31.2 Å². The van der Waals surface area contributed by atoms with Crippen LogP contribution in [0, 0.1) is 0 Å². The number of hydrogen-bond acceptors (Lipinski definition) is 2. The van der Waals surface area contributed by atoms with Crippen molar-refractivity contribution in [1.29, 1.82) is 0 Å². The molecule has 1 rings (SSSR count). The number of hydrogen-bond donors (Lipinski definition) is 1. The van der Waals surface area contributed by atoms with Crippen molar-refractivity contribution < 1.29 is 4.74 Å². The second kappa shape index (κ2) is 7.91. The normalized spacial score (nSPS) is 12.1. The van der Waals surface area contributed by atoms with Crippen molar-refractivity contribution in [3.05, 3.63) is 42.5 Å². The third kappa shape index (κ3) is 4.61. The highest BCUT2D eigenvalue weighted by Gasteiger charge is 2.10. The van der Waals surface area contributed by atoms with Crippen LogP contribution >= 0.6 is 0 Å². The van der Waals surface area contributed by atoms with Crippen molar-refractivity contribution in [2.24, 2.45) is 0 Å². The maximum absolute atomic E-state index is 5.38. The number of rotatable bonds is 8. The maximum atomic E-state index is 5.38. The maximum Gasteiger partial charge on any atom is 0.122 e. The SMILES string of the molecule is C=CCCC(Cc1ccccc1OC)NCC. The number of para-hydroxylation sites is 1. The van der Waals surface area contributed by atoms with Gasteiger partial charge in [-0.3, -0.25) is 0 Å². The molecule has 17 heavy (non-hydrogen) atoms. The number of ether oxygens (including phenoxy) is 1. The molecule has 0 aliphatic rings. The van der Waals surface area contributed by atoms with E-state index in [1.54, 1.807) is 7.11 Å². The van der Waals surface area contributed by atoms with Crippen molar-refractivity contribution in [3.8, 4) is 5.75 Å². The molecule has 0 aliphatic carbocycles. The van der Waals surface area contributed by atoms with E-state index in [4.69, 9.17) is 4.74 Å². The molecule has 94 valence electrons. The summed E-state index contributed by atoms with van der Waals surface area (Å²) in [5, 5.41) is 3.51. The first-order chi connectivity index (χ1) is 8.31. The molecule has 1 aromatic carbocycles. The molecule has 2 heteroatoms. The molecule has 0 radical (unpaired) electrons. The van der Waals surface area contributed by atoms with Crippen LogP contribution in [-0.4, -0.2) is 19.7 Å². The van der Waals surface area contributed by atoms with Crippen LogP contribution in [0.25, 0.3) is 0 Å². The standard InChI is InChI=1S/C15H23NO/c1-4-6-10-14(16-5-2)12-13-9-7-8-11-15(13)17-3/h4,7-9,11,14,16H,1,5-6,10,12H2,2-3H3. The van der Waals surface area contributed by atoms with Gasteiger partial charge in [-0.25, -0.2) is 0 Å². The lowest BCUT2D eigenvalue weighted by atomic mass is 10.0. The minimum atomic E-state index is 0.495. The van der Waals surface area contributed by atoms with Crippen LogP contribution in [0.2, 0.25) is 0 Å². The molecule has 1 aromatic rings. The first-order valence-electron chi connectivity index (χ1n) is 6.28. The smallest absolute Gasteiger partial charge is 0.122 e. The molecule has 0 aromatic heterocycles. The molecule has 1 N–H and O–H groups in total. The van der Waals surface area contributed by atoms with E-state index in [-0.39, 0.29) is 0 Å². The van der Waals surface area contributed by atoms with Crippen LogP contribution in [0.3, 0.4) is 0 Å². The molecule has 0 aliphatic heterocycles. The van der Waals surface area contributed by atoms with Gasteiger partial charge in [0.1, 0.15) is 5.75 Å². The molecular weight excluding hydrogens is 210 g/mol. The number of likely N-dealkylation sites (N-methyl/N-ethyl adjacent to an activating group) is 1. The number of benzene rings is 1. The molecule has 2 nitrogen and oxygen atoms in total. The fraction of sp³-hybridized carbons (Fsp3) is 0.467. The van der Waals surface area contributed by atoms with Crippen molar-refractivity contribution in [1.82, 2.24) is 5.32 Å². The van der Waals surface area contributed by atoms with Gasteiger partial charge in [0.2, 0.25) is 0 Å². The Morgan fingerprint density at radius 3 is 2.82 bits per heavy atom. The van der Waals surface area contributed by atoms with Gasteiger partial charge < -0.3 is 10.1 Å². The zero-order chi connectivity index (χ0) is 12.5. The van der Waals surface area contributed by atoms with Crippen LogP contribution < -0.4 is 10.1 Å². The van der Waals surface area contributed by atoms with E-state index in [0.29, 0.717) is 6.04 Å². The van der Waals surface area contributed by atoms with Gasteiger partial charge in [-0.05, 0) is 37.4 Å². The second-order valence-corrected chi connectivity index (χ2v) is 4.14. The Balaban J connectivity index is 2.66. The monoisotopic (exact) mass is 233 g/mol. The third-order valence-electron chi connectivity index (χ3n) is 2.87. The van der Waals surface area contributed by atoms with E-state index >= 15 is 0 Å². The van der Waals surface area contributed by atoms with E-state index in [9.17, 15) is 0 Å². The van der Waals surface area contributed by atoms with Gasteiger partial charge in [-0.15, -0.1) is 6.58 Å². The molecule has 1 unspecified atom stereocenters. The summed E-state index contributed by atoms with van der Waals surface area (Å²) in [6.45, 7) is 6.92. The van der Waals surface area contributed by atoms with Crippen LogP contribution in [0.5, 0.6) is 5.75 Å². The van der Waals surface area contributed by atoms with Gasteiger partial charge in [-0.2, -0.15) is 0 Å². The molecule has 0 spiro atoms. The summed E-state index contributed by atoms with van der Waals surface area (Å²) in [6.07, 6.45) is 5.15. The summed E-state index contributed by atoms with van der Waals surface area (Å²) in [6, 6.07) is 8.72. The quantitative estimate of drug-likeness (QED) is 0.696. The average molecular weight is 233 g/mol. The minimum Gasteiger partial charge on any atom is -0.496 e. The van der Waals surface area contributed by atoms with Crippen LogP contribution in [-0.2, 0) is 6.42 Å². The molecule has 0 fully saturated rings. The Hall–Kier alpha value is -1.28. The summed E-state index contributed by atoms with van der Waals surface area (Å²) in [5.41, 5.74) is 1.27. The van der Waals surface area contributed by atoms with Crippen molar-refractivity contribution in [3.63, 3.8) is 0 Å². The Bertz CT molecular complexity index is 335. The summed E-state index contributed by atoms with van der Waals surface area (Å²) < 4.78 is 5.38. The number of nitrogens with one attached hydrogen (secondary N) is 1. The summed E-state index contributed by atoms with van der Waals surface area (Å²) in [4.78, 5) is 0. The van der Waals surface area contributed by atoms with Crippen molar-refractivity contribution >= 4 is 0 Å². The molecular formula is C15H23NO. The minimum absolute atomic E-state index is 0.495. The predicted octanol–water partition coefficient (Wildman–Crippen LogP) is 3.18. The lowest BCUT2D eigenvalue weighted by Crippen LogP contribution is -2.30. The second-order valence-electron chi connectivity index (χ2n) is 4.14. The van der Waals surface area contributed by atoms with Gasteiger partial charge >= 0.3 is 0 Å². The van der Waals surface area contributed by atoms with Gasteiger partial charge in [0.15, 0.2) is 0 Å². The fourth-order valence-electron chi connectivity index (χ4n) is 2.02. The van der Waals surface area contributed by atoms with E-state index < -0.39 is 0 Å². The summed E-state index contributed by atoms with van der Waals surface area (Å²) in [7, 11) is 1.73. The Kier molecular flexibility index (Phi) is 6.41. The van der Waals surface area contributed by atoms with Crippen LogP contribution in [0.1, 0.15) is 25.3 Å². The zero-order valence-corrected chi connectivity index (χ0v) is 10.9.